The molecule has 70 valence electrons. The maximum atomic E-state index is 11.3. The maximum absolute atomic E-state index is 11.3. The van der Waals surface area contributed by atoms with Gasteiger partial charge in [0.2, 0.25) is 0 Å². The summed E-state index contributed by atoms with van der Waals surface area (Å²) in [5.74, 6) is -0.0944. The first-order chi connectivity index (χ1) is 5.54. The zero-order valence-electron chi connectivity index (χ0n) is 8.18. The highest BCUT2D eigenvalue weighted by molar-refractivity contribution is 5.84. The van der Waals surface area contributed by atoms with Crippen LogP contribution in [0.5, 0.6) is 0 Å². The zero-order chi connectivity index (χ0) is 9.61. The van der Waals surface area contributed by atoms with Gasteiger partial charge in [0.1, 0.15) is 5.60 Å². The molecular formula is C9H17NO2. The second-order valence-electron chi connectivity index (χ2n) is 2.99. The van der Waals surface area contributed by atoms with Gasteiger partial charge in [-0.3, -0.25) is 4.79 Å². The number of rotatable bonds is 4. The molecule has 0 atom stereocenters. The first-order valence-electron chi connectivity index (χ1n) is 3.99. The molecule has 0 aliphatic carbocycles. The molecule has 0 bridgehead atoms. The van der Waals surface area contributed by atoms with Gasteiger partial charge in [-0.05, 0) is 20.8 Å². The van der Waals surface area contributed by atoms with Crippen molar-refractivity contribution in [2.45, 2.75) is 26.4 Å². The van der Waals surface area contributed by atoms with Crippen LogP contribution in [0.1, 0.15) is 20.8 Å². The van der Waals surface area contributed by atoms with E-state index in [0.717, 1.165) is 0 Å². The Morgan fingerprint density at radius 3 is 2.58 bits per heavy atom. The highest BCUT2D eigenvalue weighted by Crippen LogP contribution is 2.06. The summed E-state index contributed by atoms with van der Waals surface area (Å²) in [6.45, 7) is 5.94. The van der Waals surface area contributed by atoms with Crippen LogP contribution in [0.15, 0.2) is 12.2 Å². The fourth-order valence-corrected chi connectivity index (χ4v) is 0.575. The highest BCUT2D eigenvalue weighted by atomic mass is 16.5. The zero-order valence-corrected chi connectivity index (χ0v) is 8.18. The van der Waals surface area contributed by atoms with Crippen LogP contribution >= 0.6 is 0 Å². The van der Waals surface area contributed by atoms with E-state index < -0.39 is 5.60 Å². The minimum Gasteiger partial charge on any atom is -0.369 e. The Kier molecular flexibility index (Phi) is 4.59. The minimum atomic E-state index is -0.735. The molecule has 0 saturated heterocycles. The molecule has 1 N–H and O–H groups in total. The summed E-state index contributed by atoms with van der Waals surface area (Å²) in [7, 11) is 1.52. The van der Waals surface area contributed by atoms with E-state index in [1.807, 2.05) is 19.1 Å². The van der Waals surface area contributed by atoms with E-state index in [1.165, 1.54) is 7.11 Å². The topological polar surface area (TPSA) is 38.3 Å². The third-order valence-electron chi connectivity index (χ3n) is 1.67. The number of methoxy groups -OCH3 is 1. The number of nitrogens with one attached hydrogen (secondary N) is 1. The van der Waals surface area contributed by atoms with Crippen LogP contribution in [-0.2, 0) is 9.53 Å². The first kappa shape index (κ1) is 11.2. The van der Waals surface area contributed by atoms with Gasteiger partial charge in [0.25, 0.3) is 5.91 Å². The Balaban J connectivity index is 3.87. The molecule has 0 aromatic rings. The van der Waals surface area contributed by atoms with Gasteiger partial charge in [-0.15, -0.1) is 0 Å². The molecule has 1 amide bonds. The summed E-state index contributed by atoms with van der Waals surface area (Å²) in [6.07, 6.45) is 3.77. The molecule has 0 unspecified atom stereocenters. The Bertz CT molecular complexity index is 173. The summed E-state index contributed by atoms with van der Waals surface area (Å²) in [4.78, 5) is 11.3. The second kappa shape index (κ2) is 4.93. The molecule has 0 radical (unpaired) electrons. The van der Waals surface area contributed by atoms with Crippen LogP contribution in [0.4, 0.5) is 0 Å². The first-order valence-corrected chi connectivity index (χ1v) is 3.99. The SMILES string of the molecule is C/C=C/CNC(=O)C(C)(C)OC. The quantitative estimate of drug-likeness (QED) is 0.643. The van der Waals surface area contributed by atoms with Crippen LogP contribution in [0.3, 0.4) is 0 Å². The minimum absolute atomic E-state index is 0.0944. The Morgan fingerprint density at radius 1 is 1.58 bits per heavy atom. The number of hydrogen-bond acceptors (Lipinski definition) is 2. The van der Waals surface area contributed by atoms with Crippen LogP contribution in [0.25, 0.3) is 0 Å². The average molecular weight is 171 g/mol. The molecule has 3 heteroatoms. The molecule has 0 rings (SSSR count). The Hall–Kier alpha value is -0.830. The lowest BCUT2D eigenvalue weighted by Crippen LogP contribution is -2.43. The van der Waals surface area contributed by atoms with Crippen LogP contribution in [-0.4, -0.2) is 25.2 Å². The molecule has 0 aromatic heterocycles. The number of carbonyl (C=O) groups is 1. The van der Waals surface area contributed by atoms with E-state index in [0.29, 0.717) is 6.54 Å². The number of hydrogen-bond donors (Lipinski definition) is 1. The van der Waals surface area contributed by atoms with E-state index in [-0.39, 0.29) is 5.91 Å². The van der Waals surface area contributed by atoms with Gasteiger partial charge < -0.3 is 10.1 Å². The van der Waals surface area contributed by atoms with E-state index in [9.17, 15) is 4.79 Å². The Labute approximate surface area is 73.8 Å². The van der Waals surface area contributed by atoms with Gasteiger partial charge in [0.15, 0.2) is 0 Å². The number of carbonyl (C=O) groups excluding carboxylic acids is 1. The molecule has 0 spiro atoms. The van der Waals surface area contributed by atoms with Crippen molar-refractivity contribution >= 4 is 5.91 Å². The number of ether oxygens (including phenoxy) is 1. The monoisotopic (exact) mass is 171 g/mol. The van der Waals surface area contributed by atoms with Gasteiger partial charge in [-0.25, -0.2) is 0 Å². The van der Waals surface area contributed by atoms with Crippen LogP contribution in [0.2, 0.25) is 0 Å². The fourth-order valence-electron chi connectivity index (χ4n) is 0.575. The third kappa shape index (κ3) is 3.53. The lowest BCUT2D eigenvalue weighted by Gasteiger charge is -2.20. The molecule has 3 nitrogen and oxygen atoms in total. The number of amides is 1. The van der Waals surface area contributed by atoms with Gasteiger partial charge in [-0.1, -0.05) is 12.2 Å². The lowest BCUT2D eigenvalue weighted by molar-refractivity contribution is -0.139. The number of allylic oxidation sites excluding steroid dienone is 1. The van der Waals surface area contributed by atoms with Gasteiger partial charge in [0, 0.05) is 13.7 Å². The molecule has 0 aliphatic heterocycles. The summed E-state index contributed by atoms with van der Waals surface area (Å²) in [5, 5.41) is 2.72. The summed E-state index contributed by atoms with van der Waals surface area (Å²) in [6, 6.07) is 0. The molecule has 0 saturated carbocycles. The third-order valence-corrected chi connectivity index (χ3v) is 1.67. The van der Waals surface area contributed by atoms with Crippen LogP contribution < -0.4 is 5.32 Å². The van der Waals surface area contributed by atoms with Crippen molar-refractivity contribution in [1.82, 2.24) is 5.32 Å². The highest BCUT2D eigenvalue weighted by Gasteiger charge is 2.25. The van der Waals surface area contributed by atoms with Crippen molar-refractivity contribution in [2.75, 3.05) is 13.7 Å². The normalized spacial score (nSPS) is 12.0. The molecular weight excluding hydrogens is 154 g/mol. The van der Waals surface area contributed by atoms with E-state index >= 15 is 0 Å². The summed E-state index contributed by atoms with van der Waals surface area (Å²) >= 11 is 0. The van der Waals surface area contributed by atoms with Crippen molar-refractivity contribution < 1.29 is 9.53 Å². The smallest absolute Gasteiger partial charge is 0.251 e. The van der Waals surface area contributed by atoms with E-state index in [2.05, 4.69) is 5.32 Å². The lowest BCUT2D eigenvalue weighted by atomic mass is 10.1. The van der Waals surface area contributed by atoms with Crippen molar-refractivity contribution in [3.05, 3.63) is 12.2 Å². The Morgan fingerprint density at radius 2 is 2.17 bits per heavy atom. The largest absolute Gasteiger partial charge is 0.369 e. The summed E-state index contributed by atoms with van der Waals surface area (Å²) in [5.41, 5.74) is -0.735. The molecule has 0 fully saturated rings. The van der Waals surface area contributed by atoms with Crippen molar-refractivity contribution in [2.24, 2.45) is 0 Å². The fraction of sp³-hybridized carbons (Fsp3) is 0.667. The van der Waals surface area contributed by atoms with Gasteiger partial charge in [-0.2, -0.15) is 0 Å². The molecule has 0 heterocycles. The van der Waals surface area contributed by atoms with E-state index in [1.54, 1.807) is 13.8 Å². The molecule has 0 aromatic carbocycles. The van der Waals surface area contributed by atoms with Crippen molar-refractivity contribution in [3.63, 3.8) is 0 Å². The van der Waals surface area contributed by atoms with Crippen LogP contribution in [0, 0.1) is 0 Å². The summed E-state index contributed by atoms with van der Waals surface area (Å²) < 4.78 is 4.99. The second-order valence-corrected chi connectivity index (χ2v) is 2.99. The van der Waals surface area contributed by atoms with Gasteiger partial charge >= 0.3 is 0 Å². The van der Waals surface area contributed by atoms with Crippen molar-refractivity contribution in [3.8, 4) is 0 Å². The average Bonchev–Trinajstić information content (AvgIpc) is 2.05. The molecule has 12 heavy (non-hydrogen) atoms. The van der Waals surface area contributed by atoms with Gasteiger partial charge in [0.05, 0.1) is 0 Å². The standard InChI is InChI=1S/C9H17NO2/c1-5-6-7-10-8(11)9(2,3)12-4/h5-6H,7H2,1-4H3,(H,10,11)/b6-5+. The predicted molar refractivity (Wildman–Crippen MR) is 48.9 cm³/mol. The predicted octanol–water partition coefficient (Wildman–Crippen LogP) is 1.10. The maximum Gasteiger partial charge on any atom is 0.251 e. The van der Waals surface area contributed by atoms with E-state index in [4.69, 9.17) is 4.74 Å². The van der Waals surface area contributed by atoms with Crippen molar-refractivity contribution in [1.29, 1.82) is 0 Å². The molecule has 0 aliphatic rings.